The van der Waals surface area contributed by atoms with E-state index in [1.807, 2.05) is 45.8 Å². The normalized spacial score (nSPS) is 20.0. The van der Waals surface area contributed by atoms with Gasteiger partial charge in [0.05, 0.1) is 23.0 Å². The fourth-order valence-corrected chi connectivity index (χ4v) is 4.61. The molecule has 2 aliphatic rings. The van der Waals surface area contributed by atoms with Crippen molar-refractivity contribution in [2.24, 2.45) is 0 Å². The largest absolute Gasteiger partial charge is 0.311 e. The Labute approximate surface area is 162 Å². The SMILES string of the molecule is O=C1CC(c2ccnn2-c2ccccc2)c2c(n(C3CCCCC3)[nH]c2=O)N1. The third-order valence-corrected chi connectivity index (χ3v) is 5.93. The molecule has 3 heterocycles. The highest BCUT2D eigenvalue weighted by molar-refractivity contribution is 5.94. The standard InChI is InChI=1S/C21H23N5O2/c27-18-13-16(17-11-12-22-25(17)14-7-3-1-4-8-14)19-20(23-18)26(24-21(19)28)15-9-5-2-6-10-15/h1,3-4,7-8,11-12,15-16H,2,5-6,9-10,13H2,(H,23,27)(H,24,28). The van der Waals surface area contributed by atoms with Gasteiger partial charge in [-0.2, -0.15) is 5.10 Å². The van der Waals surface area contributed by atoms with Crippen molar-refractivity contribution in [3.05, 3.63) is 64.2 Å². The van der Waals surface area contributed by atoms with Crippen LogP contribution in [0.5, 0.6) is 0 Å². The van der Waals surface area contributed by atoms with Crippen LogP contribution >= 0.6 is 0 Å². The number of hydrogen-bond acceptors (Lipinski definition) is 3. The summed E-state index contributed by atoms with van der Waals surface area (Å²) in [5.74, 6) is 0.251. The number of nitrogens with zero attached hydrogens (tertiary/aromatic N) is 3. The maximum Gasteiger partial charge on any atom is 0.270 e. The molecular weight excluding hydrogens is 354 g/mol. The van der Waals surface area contributed by atoms with E-state index in [1.165, 1.54) is 6.42 Å². The number of amides is 1. The zero-order valence-electron chi connectivity index (χ0n) is 15.6. The molecule has 1 amide bonds. The second kappa shape index (κ2) is 6.82. The number of aromatic nitrogens is 4. The lowest BCUT2D eigenvalue weighted by Crippen LogP contribution is -2.28. The Morgan fingerprint density at radius 1 is 1.00 bits per heavy atom. The van der Waals surface area contributed by atoms with Crippen LogP contribution in [0.1, 0.15) is 61.7 Å². The van der Waals surface area contributed by atoms with E-state index in [-0.39, 0.29) is 29.8 Å². The van der Waals surface area contributed by atoms with E-state index in [4.69, 9.17) is 0 Å². The minimum Gasteiger partial charge on any atom is -0.311 e. The van der Waals surface area contributed by atoms with Crippen LogP contribution in [0.2, 0.25) is 0 Å². The van der Waals surface area contributed by atoms with Crippen LogP contribution in [-0.4, -0.2) is 25.5 Å². The Balaban J connectivity index is 1.61. The van der Waals surface area contributed by atoms with Gasteiger partial charge in [-0.05, 0) is 31.0 Å². The number of carbonyl (C=O) groups excluding carboxylic acids is 1. The molecule has 3 aromatic rings. The molecule has 7 heteroatoms. The average molecular weight is 377 g/mol. The predicted molar refractivity (Wildman–Crippen MR) is 106 cm³/mol. The predicted octanol–water partition coefficient (Wildman–Crippen LogP) is 3.34. The minimum absolute atomic E-state index is 0.0677. The fourth-order valence-electron chi connectivity index (χ4n) is 4.61. The first-order chi connectivity index (χ1) is 13.7. The first-order valence-corrected chi connectivity index (χ1v) is 9.96. The van der Waals surface area contributed by atoms with Crippen LogP contribution in [0.4, 0.5) is 5.82 Å². The van der Waals surface area contributed by atoms with Gasteiger partial charge in [0.15, 0.2) is 0 Å². The van der Waals surface area contributed by atoms with Gasteiger partial charge in [-0.15, -0.1) is 0 Å². The Hall–Kier alpha value is -3.09. The maximum absolute atomic E-state index is 12.9. The van der Waals surface area contributed by atoms with Gasteiger partial charge in [-0.25, -0.2) is 4.68 Å². The molecule has 2 N–H and O–H groups in total. The first-order valence-electron chi connectivity index (χ1n) is 9.96. The van der Waals surface area contributed by atoms with Gasteiger partial charge < -0.3 is 5.32 Å². The molecule has 0 radical (unpaired) electrons. The monoisotopic (exact) mass is 377 g/mol. The lowest BCUT2D eigenvalue weighted by atomic mass is 9.90. The van der Waals surface area contributed by atoms with Gasteiger partial charge in [-0.1, -0.05) is 37.5 Å². The quantitative estimate of drug-likeness (QED) is 0.734. The highest BCUT2D eigenvalue weighted by atomic mass is 16.2. The summed E-state index contributed by atoms with van der Waals surface area (Å²) in [6.07, 6.45) is 7.55. The van der Waals surface area contributed by atoms with Crippen molar-refractivity contribution in [1.29, 1.82) is 0 Å². The number of nitrogens with one attached hydrogen (secondary N) is 2. The molecule has 1 saturated carbocycles. The summed E-state index contributed by atoms with van der Waals surface area (Å²) in [5.41, 5.74) is 2.29. The Morgan fingerprint density at radius 2 is 1.79 bits per heavy atom. The Kier molecular flexibility index (Phi) is 4.15. The third kappa shape index (κ3) is 2.78. The van der Waals surface area contributed by atoms with Crippen LogP contribution < -0.4 is 10.9 Å². The van der Waals surface area contributed by atoms with Gasteiger partial charge >= 0.3 is 0 Å². The maximum atomic E-state index is 12.9. The highest BCUT2D eigenvalue weighted by Crippen LogP contribution is 2.38. The zero-order chi connectivity index (χ0) is 19.1. The number of hydrogen-bond donors (Lipinski definition) is 2. The topological polar surface area (TPSA) is 84.7 Å². The number of benzene rings is 1. The van der Waals surface area contributed by atoms with Crippen LogP contribution in [-0.2, 0) is 4.79 Å². The van der Waals surface area contributed by atoms with Crippen molar-refractivity contribution in [1.82, 2.24) is 19.6 Å². The van der Waals surface area contributed by atoms with E-state index in [1.54, 1.807) is 6.20 Å². The van der Waals surface area contributed by atoms with E-state index >= 15 is 0 Å². The molecule has 1 unspecified atom stereocenters. The van der Waals surface area contributed by atoms with Crippen LogP contribution in [0, 0.1) is 0 Å². The summed E-state index contributed by atoms with van der Waals surface area (Å²) < 4.78 is 3.73. The van der Waals surface area contributed by atoms with E-state index in [2.05, 4.69) is 15.5 Å². The fraction of sp³-hybridized carbons (Fsp3) is 0.381. The molecular formula is C21H23N5O2. The molecule has 1 atom stereocenters. The van der Waals surface area contributed by atoms with Gasteiger partial charge in [0, 0.05) is 18.5 Å². The van der Waals surface area contributed by atoms with Crippen molar-refractivity contribution in [3.8, 4) is 5.69 Å². The number of H-pyrrole nitrogens is 1. The van der Waals surface area contributed by atoms with Gasteiger partial charge in [-0.3, -0.25) is 19.4 Å². The number of fused-ring (bicyclic) bond motifs is 1. The van der Waals surface area contributed by atoms with E-state index < -0.39 is 0 Å². The van der Waals surface area contributed by atoms with Crippen molar-refractivity contribution >= 4 is 11.7 Å². The molecule has 28 heavy (non-hydrogen) atoms. The molecule has 0 spiro atoms. The molecule has 7 nitrogen and oxygen atoms in total. The summed E-state index contributed by atoms with van der Waals surface area (Å²) in [4.78, 5) is 25.5. The molecule has 1 fully saturated rings. The molecule has 0 bridgehead atoms. The molecule has 5 rings (SSSR count). The summed E-state index contributed by atoms with van der Waals surface area (Å²) in [6, 6.07) is 11.9. The first kappa shape index (κ1) is 17.0. The second-order valence-corrected chi connectivity index (χ2v) is 7.67. The Bertz CT molecular complexity index is 1060. The number of anilines is 1. The smallest absolute Gasteiger partial charge is 0.270 e. The van der Waals surface area contributed by atoms with Crippen LogP contribution in [0.15, 0.2) is 47.4 Å². The summed E-state index contributed by atoms with van der Waals surface area (Å²) in [6.45, 7) is 0. The van der Waals surface area contributed by atoms with Crippen LogP contribution in [0.3, 0.4) is 0 Å². The van der Waals surface area contributed by atoms with Crippen LogP contribution in [0.25, 0.3) is 5.69 Å². The average Bonchev–Trinajstić information content (AvgIpc) is 3.34. The molecule has 1 aliphatic heterocycles. The highest BCUT2D eigenvalue weighted by Gasteiger charge is 2.36. The molecule has 144 valence electrons. The number of para-hydroxylation sites is 1. The van der Waals surface area contributed by atoms with Crippen molar-refractivity contribution in [2.45, 2.75) is 50.5 Å². The lowest BCUT2D eigenvalue weighted by molar-refractivity contribution is -0.116. The molecule has 0 saturated heterocycles. The lowest BCUT2D eigenvalue weighted by Gasteiger charge is -2.28. The number of rotatable bonds is 3. The van der Waals surface area contributed by atoms with Gasteiger partial charge in [0.25, 0.3) is 5.56 Å². The van der Waals surface area contributed by atoms with Crippen molar-refractivity contribution < 1.29 is 4.79 Å². The second-order valence-electron chi connectivity index (χ2n) is 7.67. The number of aromatic amines is 1. The Morgan fingerprint density at radius 3 is 2.57 bits per heavy atom. The van der Waals surface area contributed by atoms with E-state index in [0.29, 0.717) is 11.4 Å². The molecule has 1 aromatic carbocycles. The van der Waals surface area contributed by atoms with E-state index in [0.717, 1.165) is 37.1 Å². The molecule has 2 aromatic heterocycles. The molecule has 1 aliphatic carbocycles. The third-order valence-electron chi connectivity index (χ3n) is 5.93. The zero-order valence-corrected chi connectivity index (χ0v) is 15.6. The van der Waals surface area contributed by atoms with Crippen molar-refractivity contribution in [3.63, 3.8) is 0 Å². The minimum atomic E-state index is -0.319. The summed E-state index contributed by atoms with van der Waals surface area (Å²) in [7, 11) is 0. The van der Waals surface area contributed by atoms with Crippen molar-refractivity contribution in [2.75, 3.05) is 5.32 Å². The summed E-state index contributed by atoms with van der Waals surface area (Å²) in [5, 5.41) is 10.4. The summed E-state index contributed by atoms with van der Waals surface area (Å²) >= 11 is 0. The van der Waals surface area contributed by atoms with Gasteiger partial charge in [0.1, 0.15) is 5.82 Å². The van der Waals surface area contributed by atoms with Gasteiger partial charge in [0.2, 0.25) is 5.91 Å². The van der Waals surface area contributed by atoms with E-state index in [9.17, 15) is 9.59 Å². The number of carbonyl (C=O) groups is 1.